The number of anilines is 1. The SMILES string of the molecule is Cc1cc(NC(=O)CSc2nnc(Cc3cccs3)n2C2CCCCC2)no1. The number of carbonyl (C=O) groups is 1. The number of carbonyl (C=O) groups excluding carboxylic acids is 1. The summed E-state index contributed by atoms with van der Waals surface area (Å²) in [5.74, 6) is 2.23. The van der Waals surface area contributed by atoms with Gasteiger partial charge in [-0.3, -0.25) is 4.79 Å². The summed E-state index contributed by atoms with van der Waals surface area (Å²) in [4.78, 5) is 13.6. The van der Waals surface area contributed by atoms with Crippen molar-refractivity contribution < 1.29 is 9.32 Å². The first kappa shape index (κ1) is 19.2. The minimum Gasteiger partial charge on any atom is -0.360 e. The predicted octanol–water partition coefficient (Wildman–Crippen LogP) is 4.46. The van der Waals surface area contributed by atoms with E-state index in [4.69, 9.17) is 4.52 Å². The van der Waals surface area contributed by atoms with Crippen LogP contribution < -0.4 is 5.32 Å². The lowest BCUT2D eigenvalue weighted by Crippen LogP contribution is -2.18. The second-order valence-corrected chi connectivity index (χ2v) is 8.95. The fourth-order valence-corrected chi connectivity index (χ4v) is 5.06. The first-order valence-electron chi connectivity index (χ1n) is 9.51. The average Bonchev–Trinajstić information content (AvgIpc) is 3.43. The number of aromatic nitrogens is 4. The van der Waals surface area contributed by atoms with Gasteiger partial charge in [0.2, 0.25) is 5.91 Å². The molecule has 0 radical (unpaired) electrons. The average molecular weight is 418 g/mol. The summed E-state index contributed by atoms with van der Waals surface area (Å²) in [5.41, 5.74) is 0. The van der Waals surface area contributed by atoms with Gasteiger partial charge in [-0.05, 0) is 31.2 Å². The van der Waals surface area contributed by atoms with Crippen LogP contribution in [0.4, 0.5) is 5.82 Å². The number of thioether (sulfide) groups is 1. The lowest BCUT2D eigenvalue weighted by atomic mass is 9.95. The molecule has 1 saturated carbocycles. The lowest BCUT2D eigenvalue weighted by molar-refractivity contribution is -0.113. The first-order chi connectivity index (χ1) is 13.7. The Morgan fingerprint density at radius 1 is 1.36 bits per heavy atom. The highest BCUT2D eigenvalue weighted by atomic mass is 32.2. The van der Waals surface area contributed by atoms with E-state index in [0.29, 0.717) is 17.6 Å². The van der Waals surface area contributed by atoms with E-state index in [1.54, 1.807) is 24.3 Å². The van der Waals surface area contributed by atoms with Gasteiger partial charge in [0.15, 0.2) is 11.0 Å². The monoisotopic (exact) mass is 417 g/mol. The highest BCUT2D eigenvalue weighted by Gasteiger charge is 2.24. The third kappa shape index (κ3) is 4.64. The number of nitrogens with one attached hydrogen (secondary N) is 1. The van der Waals surface area contributed by atoms with Gasteiger partial charge in [0.1, 0.15) is 11.6 Å². The second kappa shape index (κ2) is 8.91. The van der Waals surface area contributed by atoms with Crippen molar-refractivity contribution in [3.63, 3.8) is 0 Å². The zero-order valence-electron chi connectivity index (χ0n) is 15.8. The third-order valence-corrected chi connectivity index (χ3v) is 6.63. The Balaban J connectivity index is 1.47. The molecule has 1 amide bonds. The Kier molecular flexibility index (Phi) is 6.11. The molecule has 1 fully saturated rings. The normalized spacial score (nSPS) is 15.0. The van der Waals surface area contributed by atoms with Gasteiger partial charge in [-0.1, -0.05) is 42.2 Å². The van der Waals surface area contributed by atoms with Crippen LogP contribution in [0.15, 0.2) is 33.3 Å². The number of rotatable bonds is 7. The van der Waals surface area contributed by atoms with Crippen LogP contribution in [0.2, 0.25) is 0 Å². The molecule has 3 aromatic rings. The van der Waals surface area contributed by atoms with Crippen LogP contribution in [0.1, 0.15) is 54.6 Å². The standard InChI is InChI=1S/C19H23N5O2S2/c1-13-10-16(23-26-13)20-18(25)12-28-19-22-21-17(11-15-8-5-9-27-15)24(19)14-6-3-2-4-7-14/h5,8-10,14H,2-4,6-7,11-12H2,1H3,(H,20,23,25). The van der Waals surface area contributed by atoms with E-state index in [2.05, 4.69) is 42.8 Å². The summed E-state index contributed by atoms with van der Waals surface area (Å²) >= 11 is 3.17. The van der Waals surface area contributed by atoms with Crippen molar-refractivity contribution in [1.29, 1.82) is 0 Å². The highest BCUT2D eigenvalue weighted by molar-refractivity contribution is 7.99. The van der Waals surface area contributed by atoms with E-state index in [-0.39, 0.29) is 11.7 Å². The van der Waals surface area contributed by atoms with Crippen molar-refractivity contribution in [2.24, 2.45) is 0 Å². The van der Waals surface area contributed by atoms with E-state index < -0.39 is 0 Å². The topological polar surface area (TPSA) is 85.8 Å². The quantitative estimate of drug-likeness (QED) is 0.571. The third-order valence-electron chi connectivity index (χ3n) is 4.82. The number of hydrogen-bond donors (Lipinski definition) is 1. The zero-order chi connectivity index (χ0) is 19.3. The fraction of sp³-hybridized carbons (Fsp3) is 0.474. The molecule has 148 valence electrons. The number of nitrogens with zero attached hydrogens (tertiary/aromatic N) is 4. The summed E-state index contributed by atoms with van der Waals surface area (Å²) in [6.07, 6.45) is 6.84. The van der Waals surface area contributed by atoms with E-state index in [1.165, 1.54) is 35.9 Å². The van der Waals surface area contributed by atoms with Crippen molar-refractivity contribution in [2.45, 2.75) is 56.6 Å². The summed E-state index contributed by atoms with van der Waals surface area (Å²) in [6, 6.07) is 6.31. The summed E-state index contributed by atoms with van der Waals surface area (Å²) in [7, 11) is 0. The predicted molar refractivity (Wildman–Crippen MR) is 110 cm³/mol. The molecule has 0 spiro atoms. The summed E-state index contributed by atoms with van der Waals surface area (Å²) in [6.45, 7) is 1.79. The molecule has 9 heteroatoms. The lowest BCUT2D eigenvalue weighted by Gasteiger charge is -2.25. The second-order valence-electron chi connectivity index (χ2n) is 6.98. The fourth-order valence-electron chi connectivity index (χ4n) is 3.54. The van der Waals surface area contributed by atoms with Crippen LogP contribution in [0.25, 0.3) is 0 Å². The molecule has 1 aliphatic carbocycles. The number of hydrogen-bond acceptors (Lipinski definition) is 7. The molecule has 28 heavy (non-hydrogen) atoms. The van der Waals surface area contributed by atoms with Gasteiger partial charge in [0.25, 0.3) is 0 Å². The largest absolute Gasteiger partial charge is 0.360 e. The molecule has 0 unspecified atom stereocenters. The van der Waals surface area contributed by atoms with Crippen molar-refractivity contribution >= 4 is 34.8 Å². The number of amides is 1. The Hall–Kier alpha value is -2.13. The first-order valence-corrected chi connectivity index (χ1v) is 11.4. The van der Waals surface area contributed by atoms with Gasteiger partial charge in [-0.2, -0.15) is 0 Å². The Morgan fingerprint density at radius 3 is 2.93 bits per heavy atom. The molecule has 0 atom stereocenters. The van der Waals surface area contributed by atoms with Crippen molar-refractivity contribution in [3.8, 4) is 0 Å². The van der Waals surface area contributed by atoms with Gasteiger partial charge in [0, 0.05) is 23.4 Å². The molecular weight excluding hydrogens is 394 g/mol. The molecule has 0 aromatic carbocycles. The van der Waals surface area contributed by atoms with Gasteiger partial charge in [-0.25, -0.2) is 0 Å². The maximum absolute atomic E-state index is 12.3. The Morgan fingerprint density at radius 2 is 2.21 bits per heavy atom. The minimum atomic E-state index is -0.128. The van der Waals surface area contributed by atoms with E-state index in [0.717, 1.165) is 30.2 Å². The Labute approximate surface area is 171 Å². The van der Waals surface area contributed by atoms with Crippen LogP contribution >= 0.6 is 23.1 Å². The van der Waals surface area contributed by atoms with Crippen LogP contribution in [0.5, 0.6) is 0 Å². The molecule has 3 aromatic heterocycles. The highest BCUT2D eigenvalue weighted by Crippen LogP contribution is 2.33. The van der Waals surface area contributed by atoms with Crippen LogP contribution in [-0.2, 0) is 11.2 Å². The summed E-state index contributed by atoms with van der Waals surface area (Å²) < 4.78 is 7.26. The van der Waals surface area contributed by atoms with Gasteiger partial charge >= 0.3 is 0 Å². The summed E-state index contributed by atoms with van der Waals surface area (Å²) in [5, 5.41) is 18.4. The van der Waals surface area contributed by atoms with Crippen LogP contribution in [-0.4, -0.2) is 31.6 Å². The van der Waals surface area contributed by atoms with Gasteiger partial charge in [0.05, 0.1) is 5.75 Å². The molecule has 7 nitrogen and oxygen atoms in total. The number of thiophene rings is 1. The van der Waals surface area contributed by atoms with Crippen LogP contribution in [0, 0.1) is 6.92 Å². The maximum Gasteiger partial charge on any atom is 0.236 e. The zero-order valence-corrected chi connectivity index (χ0v) is 17.4. The van der Waals surface area contributed by atoms with E-state index >= 15 is 0 Å². The maximum atomic E-state index is 12.3. The molecule has 4 rings (SSSR count). The van der Waals surface area contributed by atoms with Gasteiger partial charge in [-0.15, -0.1) is 21.5 Å². The smallest absolute Gasteiger partial charge is 0.236 e. The molecular formula is C19H23N5O2S2. The van der Waals surface area contributed by atoms with Crippen molar-refractivity contribution in [1.82, 2.24) is 19.9 Å². The van der Waals surface area contributed by atoms with Crippen LogP contribution in [0.3, 0.4) is 0 Å². The van der Waals surface area contributed by atoms with E-state index in [1.807, 2.05) is 0 Å². The van der Waals surface area contributed by atoms with Crippen molar-refractivity contribution in [3.05, 3.63) is 40.0 Å². The van der Waals surface area contributed by atoms with Crippen molar-refractivity contribution in [2.75, 3.05) is 11.1 Å². The Bertz CT molecular complexity index is 913. The number of aryl methyl sites for hydroxylation is 1. The molecule has 0 aliphatic heterocycles. The molecule has 0 saturated heterocycles. The molecule has 1 N–H and O–H groups in total. The molecule has 0 bridgehead atoms. The minimum absolute atomic E-state index is 0.128. The molecule has 3 heterocycles. The van der Waals surface area contributed by atoms with E-state index in [9.17, 15) is 4.79 Å². The van der Waals surface area contributed by atoms with Gasteiger partial charge < -0.3 is 14.4 Å². The molecule has 1 aliphatic rings.